The summed E-state index contributed by atoms with van der Waals surface area (Å²) in [5.74, 6) is -0.732. The summed E-state index contributed by atoms with van der Waals surface area (Å²) in [6.45, 7) is 6.43. The van der Waals surface area contributed by atoms with E-state index in [1.807, 2.05) is 73.7 Å². The minimum absolute atomic E-state index is 0.211. The van der Waals surface area contributed by atoms with Gasteiger partial charge >= 0.3 is 5.97 Å². The quantitative estimate of drug-likeness (QED) is 0.289. The molecule has 1 heterocycles. The molecule has 0 aliphatic carbocycles. The van der Waals surface area contributed by atoms with Crippen molar-refractivity contribution in [3.05, 3.63) is 89.5 Å². The largest absolute Gasteiger partial charge is 0.492 e. The van der Waals surface area contributed by atoms with E-state index >= 15 is 0 Å². The molecule has 1 saturated heterocycles. The van der Waals surface area contributed by atoms with E-state index in [9.17, 15) is 23.1 Å². The van der Waals surface area contributed by atoms with Crippen molar-refractivity contribution in [2.45, 2.75) is 51.7 Å². The summed E-state index contributed by atoms with van der Waals surface area (Å²) in [4.78, 5) is 27.7. The van der Waals surface area contributed by atoms with Crippen molar-refractivity contribution in [2.24, 2.45) is 5.92 Å². The van der Waals surface area contributed by atoms with Crippen LogP contribution >= 0.6 is 0 Å². The van der Waals surface area contributed by atoms with E-state index in [1.165, 1.54) is 0 Å². The van der Waals surface area contributed by atoms with Crippen LogP contribution in [0.15, 0.2) is 72.8 Å². The van der Waals surface area contributed by atoms with E-state index in [-0.39, 0.29) is 18.2 Å². The molecule has 3 atom stereocenters. The van der Waals surface area contributed by atoms with Gasteiger partial charge in [0.2, 0.25) is 0 Å². The summed E-state index contributed by atoms with van der Waals surface area (Å²) in [6.07, 6.45) is 2.98. The number of amides is 1. The second-order valence-electron chi connectivity index (χ2n) is 11.2. The fourth-order valence-corrected chi connectivity index (χ4v) is 6.17. The summed E-state index contributed by atoms with van der Waals surface area (Å²) < 4.78 is 29.4. The molecule has 1 fully saturated rings. The van der Waals surface area contributed by atoms with Crippen LogP contribution in [-0.4, -0.2) is 67.5 Å². The molecule has 0 radical (unpaired) electrons. The molecule has 0 spiro atoms. The van der Waals surface area contributed by atoms with Crippen LogP contribution in [0.5, 0.6) is 5.75 Å². The number of carboxylic acid groups (broad SMARTS) is 1. The number of rotatable bonds is 13. The van der Waals surface area contributed by atoms with Crippen LogP contribution in [0, 0.1) is 12.8 Å². The van der Waals surface area contributed by atoms with E-state index in [1.54, 1.807) is 6.07 Å². The van der Waals surface area contributed by atoms with Crippen molar-refractivity contribution in [3.63, 3.8) is 0 Å². The lowest BCUT2D eigenvalue weighted by atomic mass is 9.93. The second-order valence-corrected chi connectivity index (χ2v) is 13.5. The second kappa shape index (κ2) is 14.0. The molecule has 1 amide bonds. The van der Waals surface area contributed by atoms with Gasteiger partial charge < -0.3 is 15.2 Å². The number of carboxylic acids is 1. The van der Waals surface area contributed by atoms with Gasteiger partial charge in [-0.1, -0.05) is 61.9 Å². The first-order chi connectivity index (χ1) is 20.0. The van der Waals surface area contributed by atoms with E-state index < -0.39 is 27.8 Å². The highest BCUT2D eigenvalue weighted by molar-refractivity contribution is 7.90. The zero-order valence-electron chi connectivity index (χ0n) is 24.5. The summed E-state index contributed by atoms with van der Waals surface area (Å²) in [5.41, 5.74) is 3.95. The van der Waals surface area contributed by atoms with Gasteiger partial charge in [-0.3, -0.25) is 9.69 Å². The van der Waals surface area contributed by atoms with Gasteiger partial charge in [-0.05, 0) is 72.2 Å². The molecule has 3 aromatic carbocycles. The Labute approximate surface area is 248 Å². The molecule has 42 heavy (non-hydrogen) atoms. The summed E-state index contributed by atoms with van der Waals surface area (Å²) in [7, 11) is -3.39. The number of likely N-dealkylation sites (tertiary alicyclic amines) is 1. The van der Waals surface area contributed by atoms with Gasteiger partial charge in [-0.25, -0.2) is 13.2 Å². The summed E-state index contributed by atoms with van der Waals surface area (Å²) in [6, 6.07) is 22.2. The molecular formula is C33H40N2O6S. The molecule has 1 aliphatic heterocycles. The Hall–Kier alpha value is -3.69. The third kappa shape index (κ3) is 8.42. The number of hydrogen-bond donors (Lipinski definition) is 2. The van der Waals surface area contributed by atoms with Gasteiger partial charge in [-0.2, -0.15) is 0 Å². The molecule has 0 bridgehead atoms. The number of carbonyl (C=O) groups is 2. The molecule has 3 aromatic rings. The highest BCUT2D eigenvalue weighted by Gasteiger charge is 2.32. The van der Waals surface area contributed by atoms with Crippen LogP contribution in [-0.2, 0) is 21.2 Å². The van der Waals surface area contributed by atoms with E-state index in [4.69, 9.17) is 4.74 Å². The number of ether oxygens (including phenoxy) is 1. The molecule has 2 N–H and O–H groups in total. The minimum atomic E-state index is -3.39. The SMILES string of the molecule is CC[C@H]1C[C@@H](COc2ccccc2)N(Cc2ccc(C(=O)N[C@@H](CCS(C)(=O)=O)C(=O)O)c(-c3ccccc3C)c2)C1. The number of aliphatic carboxylic acids is 1. The van der Waals surface area contributed by atoms with Gasteiger partial charge in [0.15, 0.2) is 0 Å². The molecule has 0 saturated carbocycles. The summed E-state index contributed by atoms with van der Waals surface area (Å²) in [5, 5.41) is 12.2. The number of benzene rings is 3. The Kier molecular flexibility index (Phi) is 10.4. The zero-order valence-corrected chi connectivity index (χ0v) is 25.3. The molecule has 1 aliphatic rings. The fourth-order valence-electron chi connectivity index (χ4n) is 5.51. The average molecular weight is 593 g/mol. The van der Waals surface area contributed by atoms with Gasteiger partial charge in [0.1, 0.15) is 28.2 Å². The Morgan fingerprint density at radius 2 is 1.76 bits per heavy atom. The number of para-hydroxylation sites is 1. The zero-order chi connectivity index (χ0) is 30.3. The van der Waals surface area contributed by atoms with Crippen LogP contribution < -0.4 is 10.1 Å². The molecule has 0 unspecified atom stereocenters. The van der Waals surface area contributed by atoms with Gasteiger partial charge in [0, 0.05) is 31.0 Å². The van der Waals surface area contributed by atoms with Crippen LogP contribution in [0.25, 0.3) is 11.1 Å². The highest BCUT2D eigenvalue weighted by Crippen LogP contribution is 2.32. The molecule has 224 valence electrons. The third-order valence-corrected chi connectivity index (χ3v) is 8.88. The van der Waals surface area contributed by atoms with Crippen molar-refractivity contribution in [2.75, 3.05) is 25.2 Å². The lowest BCUT2D eigenvalue weighted by molar-refractivity contribution is -0.139. The lowest BCUT2D eigenvalue weighted by Crippen LogP contribution is -2.42. The first-order valence-electron chi connectivity index (χ1n) is 14.4. The molecule has 9 heteroatoms. The monoisotopic (exact) mass is 592 g/mol. The maximum Gasteiger partial charge on any atom is 0.326 e. The van der Waals surface area contributed by atoms with Crippen LogP contribution in [0.3, 0.4) is 0 Å². The van der Waals surface area contributed by atoms with Gasteiger partial charge in [0.25, 0.3) is 5.91 Å². The highest BCUT2D eigenvalue weighted by atomic mass is 32.2. The average Bonchev–Trinajstić information content (AvgIpc) is 3.35. The Balaban J connectivity index is 1.59. The van der Waals surface area contributed by atoms with E-state index in [2.05, 4.69) is 17.1 Å². The first-order valence-corrected chi connectivity index (χ1v) is 16.4. The number of hydrogen-bond acceptors (Lipinski definition) is 6. The third-order valence-electron chi connectivity index (χ3n) is 7.91. The van der Waals surface area contributed by atoms with Crippen molar-refractivity contribution in [1.29, 1.82) is 0 Å². The molecular weight excluding hydrogens is 552 g/mol. The van der Waals surface area contributed by atoms with E-state index in [0.717, 1.165) is 48.1 Å². The Morgan fingerprint density at radius 3 is 2.43 bits per heavy atom. The van der Waals surface area contributed by atoms with Crippen LogP contribution in [0.2, 0.25) is 0 Å². The molecule has 0 aromatic heterocycles. The van der Waals surface area contributed by atoms with Crippen molar-refractivity contribution in [3.8, 4) is 16.9 Å². The fraction of sp³-hybridized carbons (Fsp3) is 0.394. The Morgan fingerprint density at radius 1 is 1.05 bits per heavy atom. The topological polar surface area (TPSA) is 113 Å². The Bertz CT molecular complexity index is 1490. The number of aryl methyl sites for hydroxylation is 1. The molecule has 8 nitrogen and oxygen atoms in total. The number of sulfone groups is 1. The predicted molar refractivity (Wildman–Crippen MR) is 164 cm³/mol. The minimum Gasteiger partial charge on any atom is -0.492 e. The van der Waals surface area contributed by atoms with E-state index in [0.29, 0.717) is 30.2 Å². The van der Waals surface area contributed by atoms with Crippen LogP contribution in [0.4, 0.5) is 0 Å². The van der Waals surface area contributed by atoms with Gasteiger partial charge in [0.05, 0.1) is 5.75 Å². The van der Waals surface area contributed by atoms with Crippen molar-refractivity contribution >= 4 is 21.7 Å². The standard InChI is InChI=1S/C33H40N2O6S/c1-4-24-18-26(22-41-27-11-6-5-7-12-27)35(20-24)21-25-14-15-29(30(19-25)28-13-9-8-10-23(28)2)32(36)34-31(33(37)38)16-17-42(3,39)40/h5-15,19,24,26,31H,4,16-18,20-22H2,1-3H3,(H,34,36)(H,37,38)/t24-,26-,31-/m0/s1. The van der Waals surface area contributed by atoms with Crippen LogP contribution in [0.1, 0.15) is 47.7 Å². The summed E-state index contributed by atoms with van der Waals surface area (Å²) >= 11 is 0. The van der Waals surface area contributed by atoms with Gasteiger partial charge in [-0.15, -0.1) is 0 Å². The maximum absolute atomic E-state index is 13.4. The smallest absolute Gasteiger partial charge is 0.326 e. The maximum atomic E-state index is 13.4. The first kappa shape index (κ1) is 31.3. The molecule has 4 rings (SSSR count). The van der Waals surface area contributed by atoms with Crippen molar-refractivity contribution < 1.29 is 27.9 Å². The number of nitrogens with zero attached hydrogens (tertiary/aromatic N) is 1. The normalized spacial score (nSPS) is 18.0. The lowest BCUT2D eigenvalue weighted by Gasteiger charge is -2.25. The van der Waals surface area contributed by atoms with Crippen molar-refractivity contribution in [1.82, 2.24) is 10.2 Å². The number of nitrogens with one attached hydrogen (secondary N) is 1. The number of carbonyl (C=O) groups excluding carboxylic acids is 1. The predicted octanol–water partition coefficient (Wildman–Crippen LogP) is 4.96.